The largest absolute Gasteiger partial charge is 0.416 e. The molecule has 0 saturated carbocycles. The third-order valence-electron chi connectivity index (χ3n) is 6.53. The average molecular weight is 564 g/mol. The van der Waals surface area contributed by atoms with Crippen LogP contribution in [0.4, 0.5) is 47.1 Å². The SMILES string of the molecule is Cc1ccc(NC(=O)c2cccc(C(F)(F)F)c2)cc1N1Cc2cnc(Nc3nnc(C)c(C)n3)nc2N(C)C1=O. The summed E-state index contributed by atoms with van der Waals surface area (Å²) in [4.78, 5) is 42.1. The van der Waals surface area contributed by atoms with Crippen molar-refractivity contribution in [2.24, 2.45) is 0 Å². The van der Waals surface area contributed by atoms with Crippen LogP contribution in [0.1, 0.15) is 38.4 Å². The van der Waals surface area contributed by atoms with Crippen molar-refractivity contribution in [2.45, 2.75) is 33.5 Å². The number of fused-ring (bicyclic) bond motifs is 1. The first-order valence-electron chi connectivity index (χ1n) is 12.4. The number of carbonyl (C=O) groups is 2. The first kappa shape index (κ1) is 27.4. The van der Waals surface area contributed by atoms with E-state index < -0.39 is 17.6 Å². The van der Waals surface area contributed by atoms with Crippen LogP contribution in [0.3, 0.4) is 0 Å². The van der Waals surface area contributed by atoms with Crippen LogP contribution >= 0.6 is 0 Å². The summed E-state index contributed by atoms with van der Waals surface area (Å²) in [5.74, 6) is 0.0957. The molecule has 3 amide bonds. The molecule has 3 heterocycles. The summed E-state index contributed by atoms with van der Waals surface area (Å²) < 4.78 is 39.3. The van der Waals surface area contributed by atoms with Gasteiger partial charge in [0.05, 0.1) is 29.2 Å². The Bertz CT molecular complexity index is 1680. The second-order valence-electron chi connectivity index (χ2n) is 9.44. The van der Waals surface area contributed by atoms with Crippen LogP contribution in [0, 0.1) is 20.8 Å². The van der Waals surface area contributed by atoms with Crippen molar-refractivity contribution >= 4 is 41.0 Å². The predicted molar refractivity (Wildman–Crippen MR) is 145 cm³/mol. The molecule has 0 radical (unpaired) electrons. The second kappa shape index (κ2) is 10.4. The highest BCUT2D eigenvalue weighted by Gasteiger charge is 2.32. The van der Waals surface area contributed by atoms with Gasteiger partial charge in [-0.3, -0.25) is 19.9 Å². The van der Waals surface area contributed by atoms with Crippen LogP contribution in [0.25, 0.3) is 0 Å². The quantitative estimate of drug-likeness (QED) is 0.340. The third kappa shape index (κ3) is 5.62. The zero-order chi connectivity index (χ0) is 29.5. The van der Waals surface area contributed by atoms with E-state index in [2.05, 4.69) is 35.8 Å². The van der Waals surface area contributed by atoms with E-state index in [1.54, 1.807) is 52.2 Å². The van der Waals surface area contributed by atoms with Crippen molar-refractivity contribution in [3.05, 3.63) is 82.3 Å². The molecule has 0 bridgehead atoms. The van der Waals surface area contributed by atoms with Crippen molar-refractivity contribution in [2.75, 3.05) is 27.5 Å². The molecule has 0 atom stereocenters. The number of rotatable bonds is 5. The Labute approximate surface area is 232 Å². The fourth-order valence-corrected chi connectivity index (χ4v) is 4.19. The molecule has 1 aliphatic rings. The minimum absolute atomic E-state index is 0.145. The van der Waals surface area contributed by atoms with E-state index in [1.165, 1.54) is 21.9 Å². The van der Waals surface area contributed by atoms with Gasteiger partial charge < -0.3 is 5.32 Å². The maximum Gasteiger partial charge on any atom is 0.416 e. The third-order valence-corrected chi connectivity index (χ3v) is 6.53. The fourth-order valence-electron chi connectivity index (χ4n) is 4.19. The van der Waals surface area contributed by atoms with E-state index in [1.807, 2.05) is 0 Å². The predicted octanol–water partition coefficient (Wildman–Crippen LogP) is 5.18. The van der Waals surface area contributed by atoms with Gasteiger partial charge in [-0.15, -0.1) is 5.10 Å². The zero-order valence-electron chi connectivity index (χ0n) is 22.4. The lowest BCUT2D eigenvalue weighted by atomic mass is 10.1. The van der Waals surface area contributed by atoms with Gasteiger partial charge in [-0.05, 0) is 56.7 Å². The minimum atomic E-state index is -4.57. The topological polar surface area (TPSA) is 129 Å². The number of anilines is 5. The standard InChI is InChI=1S/C27H24F3N9O2/c1-14-8-9-20(33-23(40)17-6-5-7-19(10-17)27(28,29)30)11-21(14)39-13-18-12-31-24(34-22(18)38(4)26(39)41)35-25-32-15(2)16(3)36-37-25/h5-12H,13H2,1-4H3,(H,33,40)(H,31,32,34,35,37). The first-order chi connectivity index (χ1) is 19.4. The lowest BCUT2D eigenvalue weighted by Crippen LogP contribution is -2.46. The van der Waals surface area contributed by atoms with E-state index in [0.717, 1.165) is 17.7 Å². The van der Waals surface area contributed by atoms with Gasteiger partial charge in [-0.25, -0.2) is 14.8 Å². The minimum Gasteiger partial charge on any atom is -0.322 e. The summed E-state index contributed by atoms with van der Waals surface area (Å²) in [6.07, 6.45) is -2.99. The highest BCUT2D eigenvalue weighted by atomic mass is 19.4. The Morgan fingerprint density at radius 2 is 1.76 bits per heavy atom. The van der Waals surface area contributed by atoms with Crippen LogP contribution in [-0.2, 0) is 12.7 Å². The van der Waals surface area contributed by atoms with Crippen molar-refractivity contribution in [3.8, 4) is 0 Å². The number of aromatic nitrogens is 5. The Morgan fingerprint density at radius 3 is 2.49 bits per heavy atom. The molecule has 2 aromatic heterocycles. The number of hydrogen-bond acceptors (Lipinski definition) is 8. The van der Waals surface area contributed by atoms with Gasteiger partial charge in [-0.2, -0.15) is 23.3 Å². The molecular weight excluding hydrogens is 539 g/mol. The van der Waals surface area contributed by atoms with Crippen LogP contribution in [0.5, 0.6) is 0 Å². The lowest BCUT2D eigenvalue weighted by Gasteiger charge is -2.35. The number of amides is 3. The van der Waals surface area contributed by atoms with E-state index in [9.17, 15) is 22.8 Å². The number of halogens is 3. The number of carbonyl (C=O) groups excluding carboxylic acids is 2. The number of benzene rings is 2. The molecule has 41 heavy (non-hydrogen) atoms. The van der Waals surface area contributed by atoms with Gasteiger partial charge in [0.1, 0.15) is 5.82 Å². The molecule has 2 aromatic carbocycles. The summed E-state index contributed by atoms with van der Waals surface area (Å²) in [6, 6.07) is 8.69. The summed E-state index contributed by atoms with van der Waals surface area (Å²) in [5, 5.41) is 13.5. The molecule has 2 N–H and O–H groups in total. The van der Waals surface area contributed by atoms with E-state index in [-0.39, 0.29) is 30.0 Å². The Hall–Kier alpha value is -5.14. The monoisotopic (exact) mass is 563 g/mol. The van der Waals surface area contributed by atoms with Crippen LogP contribution in [-0.4, -0.2) is 44.1 Å². The van der Waals surface area contributed by atoms with Crippen molar-refractivity contribution in [1.82, 2.24) is 25.1 Å². The smallest absolute Gasteiger partial charge is 0.322 e. The van der Waals surface area contributed by atoms with E-state index >= 15 is 0 Å². The van der Waals surface area contributed by atoms with Gasteiger partial charge >= 0.3 is 12.2 Å². The molecule has 4 aromatic rings. The van der Waals surface area contributed by atoms with Crippen LogP contribution in [0.2, 0.25) is 0 Å². The number of nitrogens with one attached hydrogen (secondary N) is 2. The van der Waals surface area contributed by atoms with Gasteiger partial charge in [0.25, 0.3) is 5.91 Å². The molecule has 0 fully saturated rings. The number of urea groups is 1. The van der Waals surface area contributed by atoms with E-state index in [4.69, 9.17) is 0 Å². The number of aryl methyl sites for hydroxylation is 3. The highest BCUT2D eigenvalue weighted by Crippen LogP contribution is 2.34. The van der Waals surface area contributed by atoms with Gasteiger partial charge in [0.2, 0.25) is 11.9 Å². The van der Waals surface area contributed by atoms with Crippen LogP contribution in [0.15, 0.2) is 48.7 Å². The molecule has 0 aliphatic carbocycles. The maximum atomic E-state index is 13.4. The van der Waals surface area contributed by atoms with Gasteiger partial charge in [-0.1, -0.05) is 12.1 Å². The summed E-state index contributed by atoms with van der Waals surface area (Å²) in [7, 11) is 1.58. The van der Waals surface area contributed by atoms with Gasteiger partial charge in [0, 0.05) is 30.1 Å². The van der Waals surface area contributed by atoms with Gasteiger partial charge in [0.15, 0.2) is 0 Å². The highest BCUT2D eigenvalue weighted by molar-refractivity contribution is 6.07. The first-order valence-corrected chi connectivity index (χ1v) is 12.4. The fraction of sp³-hybridized carbons (Fsp3) is 0.222. The molecule has 11 nitrogen and oxygen atoms in total. The normalized spacial score (nSPS) is 13.2. The lowest BCUT2D eigenvalue weighted by molar-refractivity contribution is -0.137. The number of hydrogen-bond donors (Lipinski definition) is 2. The van der Waals surface area contributed by atoms with Crippen molar-refractivity contribution in [3.63, 3.8) is 0 Å². The summed E-state index contributed by atoms with van der Waals surface area (Å²) >= 11 is 0. The summed E-state index contributed by atoms with van der Waals surface area (Å²) in [5.41, 5.74) is 2.55. The molecule has 0 spiro atoms. The number of nitrogens with zero attached hydrogens (tertiary/aromatic N) is 7. The maximum absolute atomic E-state index is 13.4. The Balaban J connectivity index is 1.37. The average Bonchev–Trinajstić information content (AvgIpc) is 2.94. The second-order valence-corrected chi connectivity index (χ2v) is 9.44. The molecule has 210 valence electrons. The molecule has 5 rings (SSSR count). The molecule has 0 unspecified atom stereocenters. The van der Waals surface area contributed by atoms with Crippen molar-refractivity contribution < 1.29 is 22.8 Å². The molecule has 1 aliphatic heterocycles. The zero-order valence-corrected chi connectivity index (χ0v) is 22.4. The number of alkyl halides is 3. The molecule has 14 heteroatoms. The Morgan fingerprint density at radius 1 is 0.976 bits per heavy atom. The molecule has 0 saturated heterocycles. The van der Waals surface area contributed by atoms with Crippen molar-refractivity contribution in [1.29, 1.82) is 0 Å². The van der Waals surface area contributed by atoms with E-state index in [0.29, 0.717) is 34.1 Å². The Kier molecular flexibility index (Phi) is 6.99. The summed E-state index contributed by atoms with van der Waals surface area (Å²) in [6.45, 7) is 5.55. The van der Waals surface area contributed by atoms with Crippen LogP contribution < -0.4 is 20.4 Å². The molecular formula is C27H24F3N9O2.